The van der Waals surface area contributed by atoms with Crippen molar-refractivity contribution in [3.8, 4) is 0 Å². The van der Waals surface area contributed by atoms with Gasteiger partial charge < -0.3 is 16.0 Å². The van der Waals surface area contributed by atoms with Gasteiger partial charge in [0, 0.05) is 16.6 Å². The van der Waals surface area contributed by atoms with Crippen LogP contribution in [0, 0.1) is 6.92 Å². The Hall–Kier alpha value is -2.67. The molecule has 3 rings (SSSR count). The van der Waals surface area contributed by atoms with Crippen LogP contribution in [0.25, 0.3) is 0 Å². The highest BCUT2D eigenvalue weighted by molar-refractivity contribution is 9.10. The summed E-state index contributed by atoms with van der Waals surface area (Å²) in [5.74, 6) is -0.862. The number of amides is 3. The summed E-state index contributed by atoms with van der Waals surface area (Å²) in [6, 6.07) is 11.6. The molecule has 1 aliphatic heterocycles. The van der Waals surface area contributed by atoms with Gasteiger partial charge in [0.25, 0.3) is 5.91 Å². The molecule has 0 aromatic heterocycles. The molecule has 0 radical (unpaired) electrons. The van der Waals surface area contributed by atoms with Crippen LogP contribution in [0.2, 0.25) is 0 Å². The zero-order valence-electron chi connectivity index (χ0n) is 14.1. The molecular formula is C19H18BrN3O3. The summed E-state index contributed by atoms with van der Waals surface area (Å²) in [4.78, 5) is 36.7. The number of rotatable bonds is 4. The van der Waals surface area contributed by atoms with E-state index in [1.165, 1.54) is 0 Å². The van der Waals surface area contributed by atoms with E-state index < -0.39 is 6.04 Å². The first-order valence-corrected chi connectivity index (χ1v) is 9.00. The molecule has 3 N–H and O–H groups in total. The topological polar surface area (TPSA) is 87.3 Å². The van der Waals surface area contributed by atoms with E-state index in [0.717, 1.165) is 10.0 Å². The van der Waals surface area contributed by atoms with Gasteiger partial charge in [-0.3, -0.25) is 14.4 Å². The van der Waals surface area contributed by atoms with Gasteiger partial charge in [0.2, 0.25) is 11.8 Å². The van der Waals surface area contributed by atoms with E-state index in [2.05, 4.69) is 31.9 Å². The number of halogens is 1. The van der Waals surface area contributed by atoms with E-state index in [1.807, 2.05) is 19.1 Å². The first-order valence-electron chi connectivity index (χ1n) is 8.21. The molecule has 6 nitrogen and oxygen atoms in total. The van der Waals surface area contributed by atoms with Gasteiger partial charge in [-0.2, -0.15) is 0 Å². The number of hydrogen-bond donors (Lipinski definition) is 3. The van der Waals surface area contributed by atoms with Crippen LogP contribution >= 0.6 is 15.9 Å². The third-order valence-electron chi connectivity index (χ3n) is 4.15. The lowest BCUT2D eigenvalue weighted by molar-refractivity contribution is -0.118. The van der Waals surface area contributed by atoms with Crippen LogP contribution in [0.4, 0.5) is 11.4 Å². The molecule has 26 heavy (non-hydrogen) atoms. The van der Waals surface area contributed by atoms with Crippen LogP contribution < -0.4 is 16.0 Å². The number of nitrogens with one attached hydrogen (secondary N) is 3. The largest absolute Gasteiger partial charge is 0.340 e. The van der Waals surface area contributed by atoms with Gasteiger partial charge in [0.05, 0.1) is 11.3 Å². The average molecular weight is 416 g/mol. The lowest BCUT2D eigenvalue weighted by Crippen LogP contribution is -2.41. The summed E-state index contributed by atoms with van der Waals surface area (Å²) < 4.78 is 0.966. The first-order chi connectivity index (χ1) is 12.4. The molecule has 0 aliphatic carbocycles. The summed E-state index contributed by atoms with van der Waals surface area (Å²) in [7, 11) is 0. The van der Waals surface area contributed by atoms with Crippen LogP contribution in [-0.2, 0) is 9.59 Å². The highest BCUT2D eigenvalue weighted by atomic mass is 79.9. The maximum absolute atomic E-state index is 12.3. The van der Waals surface area contributed by atoms with Crippen LogP contribution in [0.3, 0.4) is 0 Å². The van der Waals surface area contributed by atoms with Crippen LogP contribution in [-0.4, -0.2) is 23.8 Å². The standard InChI is InChI=1S/C19H18BrN3O3/c1-11-10-12(6-7-14(11)20)21-17(24)9-8-16-19(26)22-15-5-3-2-4-13(15)18(25)23-16/h2-7,10,16H,8-9H2,1H3,(H,21,24)(H,22,26)(H,23,25)/t16-/m1/s1. The number of para-hydroxylation sites is 1. The third-order valence-corrected chi connectivity index (χ3v) is 5.04. The predicted molar refractivity (Wildman–Crippen MR) is 103 cm³/mol. The van der Waals surface area contributed by atoms with Crippen molar-refractivity contribution >= 4 is 45.0 Å². The Kier molecular flexibility index (Phi) is 5.37. The molecule has 2 aromatic carbocycles. The van der Waals surface area contributed by atoms with Gasteiger partial charge in [-0.25, -0.2) is 0 Å². The summed E-state index contributed by atoms with van der Waals surface area (Å²) in [6.07, 6.45) is 0.330. The normalized spacial score (nSPS) is 16.2. The quantitative estimate of drug-likeness (QED) is 0.715. The Balaban J connectivity index is 1.60. The molecule has 0 spiro atoms. The van der Waals surface area contributed by atoms with E-state index in [0.29, 0.717) is 16.9 Å². The van der Waals surface area contributed by atoms with Gasteiger partial charge >= 0.3 is 0 Å². The monoisotopic (exact) mass is 415 g/mol. The van der Waals surface area contributed by atoms with Crippen molar-refractivity contribution in [3.63, 3.8) is 0 Å². The zero-order valence-corrected chi connectivity index (χ0v) is 15.7. The van der Waals surface area contributed by atoms with E-state index in [9.17, 15) is 14.4 Å². The number of hydrogen-bond acceptors (Lipinski definition) is 3. The summed E-state index contributed by atoms with van der Waals surface area (Å²) in [5, 5.41) is 8.22. The Morgan fingerprint density at radius 3 is 2.73 bits per heavy atom. The van der Waals surface area contributed by atoms with Crippen molar-refractivity contribution in [2.75, 3.05) is 10.6 Å². The molecule has 134 valence electrons. The summed E-state index contributed by atoms with van der Waals surface area (Å²) in [6.45, 7) is 1.93. The lowest BCUT2D eigenvalue weighted by atomic mass is 10.1. The number of benzene rings is 2. The third kappa shape index (κ3) is 4.11. The predicted octanol–water partition coefficient (Wildman–Crippen LogP) is 3.23. The lowest BCUT2D eigenvalue weighted by Gasteiger charge is -2.14. The number of fused-ring (bicyclic) bond motifs is 1. The van der Waals surface area contributed by atoms with Gasteiger partial charge in [0.1, 0.15) is 6.04 Å². The fourth-order valence-corrected chi connectivity index (χ4v) is 2.98. The fraction of sp³-hybridized carbons (Fsp3) is 0.211. The van der Waals surface area contributed by atoms with E-state index in [1.54, 1.807) is 30.3 Å². The highest BCUT2D eigenvalue weighted by Gasteiger charge is 2.27. The van der Waals surface area contributed by atoms with Crippen molar-refractivity contribution in [1.29, 1.82) is 0 Å². The molecule has 2 aromatic rings. The van der Waals surface area contributed by atoms with Crippen molar-refractivity contribution in [2.24, 2.45) is 0 Å². The minimum absolute atomic E-state index is 0.115. The SMILES string of the molecule is Cc1cc(NC(=O)CC[C@H]2NC(=O)c3ccccc3NC2=O)ccc1Br. The van der Waals surface area contributed by atoms with Gasteiger partial charge in [-0.05, 0) is 49.2 Å². The molecule has 0 unspecified atom stereocenters. The summed E-state index contributed by atoms with van der Waals surface area (Å²) >= 11 is 3.41. The van der Waals surface area contributed by atoms with Crippen LogP contribution in [0.1, 0.15) is 28.8 Å². The number of anilines is 2. The van der Waals surface area contributed by atoms with Crippen molar-refractivity contribution in [3.05, 3.63) is 58.1 Å². The Labute approximate surface area is 159 Å². The van der Waals surface area contributed by atoms with Crippen molar-refractivity contribution < 1.29 is 14.4 Å². The van der Waals surface area contributed by atoms with Crippen molar-refractivity contribution in [2.45, 2.75) is 25.8 Å². The second kappa shape index (κ2) is 7.70. The van der Waals surface area contributed by atoms with Gasteiger partial charge in [-0.1, -0.05) is 28.1 Å². The first kappa shape index (κ1) is 18.1. The van der Waals surface area contributed by atoms with Gasteiger partial charge in [-0.15, -0.1) is 0 Å². The molecule has 3 amide bonds. The Morgan fingerprint density at radius 1 is 1.19 bits per heavy atom. The Bertz CT molecular complexity index is 882. The molecule has 0 fully saturated rings. The highest BCUT2D eigenvalue weighted by Crippen LogP contribution is 2.21. The van der Waals surface area contributed by atoms with Gasteiger partial charge in [0.15, 0.2) is 0 Å². The smallest absolute Gasteiger partial charge is 0.254 e. The number of carbonyl (C=O) groups excluding carboxylic acids is 3. The molecule has 7 heteroatoms. The number of aryl methyl sites for hydroxylation is 1. The minimum atomic E-state index is -0.757. The molecule has 0 saturated carbocycles. The molecule has 1 heterocycles. The summed E-state index contributed by atoms with van der Waals surface area (Å²) in [5.41, 5.74) is 2.60. The molecule has 1 atom stereocenters. The molecule has 0 saturated heterocycles. The van der Waals surface area contributed by atoms with Crippen LogP contribution in [0.5, 0.6) is 0 Å². The second-order valence-electron chi connectivity index (χ2n) is 6.11. The van der Waals surface area contributed by atoms with E-state index in [-0.39, 0.29) is 30.6 Å². The molecular weight excluding hydrogens is 398 g/mol. The second-order valence-corrected chi connectivity index (χ2v) is 6.97. The Morgan fingerprint density at radius 2 is 1.96 bits per heavy atom. The average Bonchev–Trinajstić information content (AvgIpc) is 2.73. The number of carbonyl (C=O) groups is 3. The fourth-order valence-electron chi connectivity index (χ4n) is 2.74. The van der Waals surface area contributed by atoms with Crippen LogP contribution in [0.15, 0.2) is 46.9 Å². The van der Waals surface area contributed by atoms with Crippen molar-refractivity contribution in [1.82, 2.24) is 5.32 Å². The maximum Gasteiger partial charge on any atom is 0.254 e. The zero-order chi connectivity index (χ0) is 18.7. The van der Waals surface area contributed by atoms with E-state index >= 15 is 0 Å². The van der Waals surface area contributed by atoms with E-state index in [4.69, 9.17) is 0 Å². The molecule has 1 aliphatic rings. The molecule has 0 bridgehead atoms. The maximum atomic E-state index is 12.3. The minimum Gasteiger partial charge on any atom is -0.340 e.